The lowest BCUT2D eigenvalue weighted by molar-refractivity contribution is -0.140. The molecule has 21 heavy (non-hydrogen) atoms. The molecule has 0 spiro atoms. The summed E-state index contributed by atoms with van der Waals surface area (Å²) in [5, 5.41) is 8.57. The summed E-state index contributed by atoms with van der Waals surface area (Å²) in [4.78, 5) is 11.5. The maximum Gasteiger partial charge on any atom is 0.316 e. The molecule has 0 saturated carbocycles. The minimum absolute atomic E-state index is 0.170. The summed E-state index contributed by atoms with van der Waals surface area (Å²) in [7, 11) is 0. The van der Waals surface area contributed by atoms with Crippen molar-refractivity contribution < 1.29 is 9.53 Å². The van der Waals surface area contributed by atoms with E-state index in [-0.39, 0.29) is 11.7 Å². The topological polar surface area (TPSA) is 83.0 Å². The summed E-state index contributed by atoms with van der Waals surface area (Å²) in [6, 6.07) is 7.84. The van der Waals surface area contributed by atoms with E-state index in [9.17, 15) is 4.79 Å². The van der Waals surface area contributed by atoms with Gasteiger partial charge in [-0.25, -0.2) is 4.68 Å². The van der Waals surface area contributed by atoms with Gasteiger partial charge in [-0.05, 0) is 13.3 Å². The van der Waals surface area contributed by atoms with Gasteiger partial charge in [-0.2, -0.15) is 0 Å². The number of hydrogen-bond acceptors (Lipinski definition) is 6. The Kier molecular flexibility index (Phi) is 5.21. The highest BCUT2D eigenvalue weighted by molar-refractivity contribution is 7.99. The zero-order valence-electron chi connectivity index (χ0n) is 12.1. The van der Waals surface area contributed by atoms with E-state index in [1.165, 1.54) is 16.4 Å². The average molecular weight is 306 g/mol. The smallest absolute Gasteiger partial charge is 0.316 e. The second-order valence-electron chi connectivity index (χ2n) is 4.55. The molecule has 2 rings (SSSR count). The molecule has 0 aliphatic carbocycles. The maximum absolute atomic E-state index is 11.5. The standard InChI is InChI=1S/C14H18N4O2S/c1-3-8-20-12(19)9-21-14-17-16-13(18(14)15)11-6-4-10(2)5-7-11/h4-7H,3,8-9,15H2,1-2H3. The molecule has 0 bridgehead atoms. The van der Waals surface area contributed by atoms with Crippen LogP contribution in [0.5, 0.6) is 0 Å². The molecule has 0 aliphatic rings. The third-order valence-corrected chi connectivity index (χ3v) is 3.68. The van der Waals surface area contributed by atoms with Crippen LogP contribution < -0.4 is 5.84 Å². The summed E-state index contributed by atoms with van der Waals surface area (Å²) < 4.78 is 6.39. The van der Waals surface area contributed by atoms with Gasteiger partial charge in [-0.1, -0.05) is 48.5 Å². The number of benzene rings is 1. The lowest BCUT2D eigenvalue weighted by Crippen LogP contribution is -2.13. The number of thioether (sulfide) groups is 1. The summed E-state index contributed by atoms with van der Waals surface area (Å²) >= 11 is 1.21. The van der Waals surface area contributed by atoms with Crippen LogP contribution in [0, 0.1) is 6.92 Å². The molecule has 1 aromatic heterocycles. The van der Waals surface area contributed by atoms with Gasteiger partial charge in [0.25, 0.3) is 0 Å². The van der Waals surface area contributed by atoms with E-state index in [2.05, 4.69) is 10.2 Å². The first-order valence-corrected chi connectivity index (χ1v) is 7.66. The minimum Gasteiger partial charge on any atom is -0.465 e. The fourth-order valence-electron chi connectivity index (χ4n) is 1.66. The van der Waals surface area contributed by atoms with Crippen molar-refractivity contribution in [3.05, 3.63) is 29.8 Å². The number of nitrogen functional groups attached to an aromatic ring is 1. The number of nitrogens with two attached hydrogens (primary N) is 1. The van der Waals surface area contributed by atoms with Gasteiger partial charge < -0.3 is 10.6 Å². The molecule has 0 fully saturated rings. The molecule has 7 heteroatoms. The third-order valence-electron chi connectivity index (χ3n) is 2.76. The largest absolute Gasteiger partial charge is 0.465 e. The Morgan fingerprint density at radius 3 is 2.71 bits per heavy atom. The minimum atomic E-state index is -0.276. The molecule has 6 nitrogen and oxygen atoms in total. The molecule has 112 valence electrons. The predicted molar refractivity (Wildman–Crippen MR) is 82.3 cm³/mol. The van der Waals surface area contributed by atoms with E-state index >= 15 is 0 Å². The predicted octanol–water partition coefficient (Wildman–Crippen LogP) is 2.01. The first-order valence-electron chi connectivity index (χ1n) is 6.67. The molecular weight excluding hydrogens is 288 g/mol. The Labute approximate surface area is 127 Å². The van der Waals surface area contributed by atoms with E-state index in [1.54, 1.807) is 0 Å². The van der Waals surface area contributed by atoms with Crippen LogP contribution in [0.15, 0.2) is 29.4 Å². The summed E-state index contributed by atoms with van der Waals surface area (Å²) in [6.07, 6.45) is 0.807. The summed E-state index contributed by atoms with van der Waals surface area (Å²) in [5.41, 5.74) is 2.05. The Morgan fingerprint density at radius 2 is 2.05 bits per heavy atom. The van der Waals surface area contributed by atoms with Crippen molar-refractivity contribution >= 4 is 17.7 Å². The van der Waals surface area contributed by atoms with E-state index in [0.29, 0.717) is 17.6 Å². The maximum atomic E-state index is 11.5. The molecule has 0 unspecified atom stereocenters. The number of carbonyl (C=O) groups is 1. The van der Waals surface area contributed by atoms with Gasteiger partial charge >= 0.3 is 5.97 Å². The molecule has 0 aliphatic heterocycles. The first kappa shape index (κ1) is 15.4. The molecular formula is C14H18N4O2S. The quantitative estimate of drug-likeness (QED) is 0.499. The number of esters is 1. The van der Waals surface area contributed by atoms with Gasteiger partial charge in [0.15, 0.2) is 5.82 Å². The number of nitrogens with zero attached hydrogens (tertiary/aromatic N) is 3. The van der Waals surface area contributed by atoms with Gasteiger partial charge in [0.1, 0.15) is 0 Å². The number of ether oxygens (including phenoxy) is 1. The number of aromatic nitrogens is 3. The second kappa shape index (κ2) is 7.12. The highest BCUT2D eigenvalue weighted by Crippen LogP contribution is 2.21. The molecule has 0 atom stereocenters. The van der Waals surface area contributed by atoms with Crippen molar-refractivity contribution in [2.45, 2.75) is 25.4 Å². The van der Waals surface area contributed by atoms with Gasteiger partial charge in [0, 0.05) is 5.56 Å². The lowest BCUT2D eigenvalue weighted by Gasteiger charge is -2.04. The number of aryl methyl sites for hydroxylation is 1. The van der Waals surface area contributed by atoms with E-state index in [0.717, 1.165) is 17.5 Å². The molecule has 0 saturated heterocycles. The molecule has 1 aromatic carbocycles. The summed E-state index contributed by atoms with van der Waals surface area (Å²) in [5.74, 6) is 6.44. The lowest BCUT2D eigenvalue weighted by atomic mass is 10.1. The van der Waals surface area contributed by atoms with Crippen molar-refractivity contribution in [2.24, 2.45) is 0 Å². The van der Waals surface area contributed by atoms with Crippen LogP contribution in [0.2, 0.25) is 0 Å². The fraction of sp³-hybridized carbons (Fsp3) is 0.357. The molecule has 2 aromatic rings. The first-order chi connectivity index (χ1) is 10.1. The monoisotopic (exact) mass is 306 g/mol. The Hall–Kier alpha value is -2.02. The van der Waals surface area contributed by atoms with Gasteiger partial charge in [-0.15, -0.1) is 10.2 Å². The number of rotatable bonds is 6. The van der Waals surface area contributed by atoms with E-state index in [1.807, 2.05) is 38.1 Å². The van der Waals surface area contributed by atoms with Crippen LogP contribution in [-0.4, -0.2) is 33.2 Å². The van der Waals surface area contributed by atoms with Crippen LogP contribution >= 0.6 is 11.8 Å². The van der Waals surface area contributed by atoms with Gasteiger partial charge in [0.05, 0.1) is 12.4 Å². The highest BCUT2D eigenvalue weighted by Gasteiger charge is 2.14. The second-order valence-corrected chi connectivity index (χ2v) is 5.49. The van der Waals surface area contributed by atoms with Crippen molar-refractivity contribution in [3.63, 3.8) is 0 Å². The van der Waals surface area contributed by atoms with Crippen LogP contribution in [-0.2, 0) is 9.53 Å². The number of carbonyl (C=O) groups excluding carboxylic acids is 1. The third kappa shape index (κ3) is 3.98. The van der Waals surface area contributed by atoms with Gasteiger partial charge in [0.2, 0.25) is 5.16 Å². The van der Waals surface area contributed by atoms with Crippen LogP contribution in [0.4, 0.5) is 0 Å². The van der Waals surface area contributed by atoms with Crippen molar-refractivity contribution in [1.29, 1.82) is 0 Å². The number of hydrogen-bond donors (Lipinski definition) is 1. The normalized spacial score (nSPS) is 10.6. The van der Waals surface area contributed by atoms with Crippen molar-refractivity contribution in [2.75, 3.05) is 18.2 Å². The molecule has 2 N–H and O–H groups in total. The highest BCUT2D eigenvalue weighted by atomic mass is 32.2. The van der Waals surface area contributed by atoms with E-state index < -0.39 is 0 Å². The summed E-state index contributed by atoms with van der Waals surface area (Å²) in [6.45, 7) is 4.40. The average Bonchev–Trinajstić information content (AvgIpc) is 2.85. The zero-order chi connectivity index (χ0) is 15.2. The fourth-order valence-corrected chi connectivity index (χ4v) is 2.31. The van der Waals surface area contributed by atoms with Crippen LogP contribution in [0.25, 0.3) is 11.4 Å². The van der Waals surface area contributed by atoms with Crippen LogP contribution in [0.3, 0.4) is 0 Å². The van der Waals surface area contributed by atoms with Crippen molar-refractivity contribution in [1.82, 2.24) is 14.9 Å². The Bertz CT molecular complexity index is 610. The molecule has 0 radical (unpaired) electrons. The zero-order valence-corrected chi connectivity index (χ0v) is 12.9. The Balaban J connectivity index is 2.03. The van der Waals surface area contributed by atoms with Crippen LogP contribution in [0.1, 0.15) is 18.9 Å². The molecule has 1 heterocycles. The molecule has 0 amide bonds. The Morgan fingerprint density at radius 1 is 1.33 bits per heavy atom. The SMILES string of the molecule is CCCOC(=O)CSc1nnc(-c2ccc(C)cc2)n1N. The van der Waals surface area contributed by atoms with E-state index in [4.69, 9.17) is 10.6 Å². The van der Waals surface area contributed by atoms with Crippen molar-refractivity contribution in [3.8, 4) is 11.4 Å². The van der Waals surface area contributed by atoms with Gasteiger partial charge in [-0.3, -0.25) is 4.79 Å².